The molecule has 1 fully saturated rings. The smallest absolute Gasteiger partial charge is 0.104 e. The van der Waals surface area contributed by atoms with Gasteiger partial charge in [0.15, 0.2) is 0 Å². The second kappa shape index (κ2) is 5.33. The fourth-order valence-electron chi connectivity index (χ4n) is 1.12. The van der Waals surface area contributed by atoms with Crippen molar-refractivity contribution in [1.29, 1.82) is 0 Å². The molecule has 0 aromatic carbocycles. The van der Waals surface area contributed by atoms with Crippen molar-refractivity contribution in [3.8, 4) is 0 Å². The second-order valence-electron chi connectivity index (χ2n) is 3.18. The van der Waals surface area contributed by atoms with Gasteiger partial charge in [-0.3, -0.25) is 0 Å². The Morgan fingerprint density at radius 3 is 3.00 bits per heavy atom. The summed E-state index contributed by atoms with van der Waals surface area (Å²) in [6.07, 6.45) is 5.95. The first-order valence-corrected chi connectivity index (χ1v) is 4.71. The van der Waals surface area contributed by atoms with E-state index in [4.69, 9.17) is 9.47 Å². The third-order valence-corrected chi connectivity index (χ3v) is 2.07. The molecule has 1 rings (SSSR count). The van der Waals surface area contributed by atoms with Gasteiger partial charge in [0.1, 0.15) is 6.10 Å². The normalized spacial score (nSPS) is 23.6. The van der Waals surface area contributed by atoms with Gasteiger partial charge in [0, 0.05) is 0 Å². The summed E-state index contributed by atoms with van der Waals surface area (Å²) in [5.41, 5.74) is 0. The number of hydrogen-bond donors (Lipinski definition) is 0. The highest BCUT2D eigenvalue weighted by molar-refractivity contribution is 4.72. The number of ether oxygens (including phenoxy) is 2. The number of hydrogen-bond acceptors (Lipinski definition) is 2. The lowest BCUT2D eigenvalue weighted by atomic mass is 10.1. The Kier molecular flexibility index (Phi) is 4.33. The van der Waals surface area contributed by atoms with E-state index >= 15 is 0 Å². The first-order chi connectivity index (χ1) is 5.86. The zero-order chi connectivity index (χ0) is 8.81. The minimum Gasteiger partial charge on any atom is -0.375 e. The molecule has 0 saturated carbocycles. The summed E-state index contributed by atoms with van der Waals surface area (Å²) >= 11 is 0. The molecule has 1 aliphatic rings. The lowest BCUT2D eigenvalue weighted by Gasteiger charge is -2.13. The molecule has 0 N–H and O–H groups in total. The monoisotopic (exact) mass is 170 g/mol. The van der Waals surface area contributed by atoms with Crippen LogP contribution in [0.4, 0.5) is 0 Å². The number of rotatable bonds is 7. The summed E-state index contributed by atoms with van der Waals surface area (Å²) in [7, 11) is 0. The van der Waals surface area contributed by atoms with Crippen molar-refractivity contribution in [3.63, 3.8) is 0 Å². The van der Waals surface area contributed by atoms with Crippen LogP contribution in [0.2, 0.25) is 0 Å². The van der Waals surface area contributed by atoms with Crippen LogP contribution in [0.5, 0.6) is 0 Å². The molecule has 12 heavy (non-hydrogen) atoms. The van der Waals surface area contributed by atoms with Crippen molar-refractivity contribution in [2.45, 2.75) is 38.4 Å². The summed E-state index contributed by atoms with van der Waals surface area (Å²) in [4.78, 5) is 0. The van der Waals surface area contributed by atoms with Gasteiger partial charge in [0.2, 0.25) is 0 Å². The van der Waals surface area contributed by atoms with Gasteiger partial charge in [0.25, 0.3) is 0 Å². The summed E-state index contributed by atoms with van der Waals surface area (Å²) in [5.74, 6) is 0. The number of epoxide rings is 1. The highest BCUT2D eigenvalue weighted by Crippen LogP contribution is 2.13. The van der Waals surface area contributed by atoms with E-state index in [1.54, 1.807) is 0 Å². The van der Waals surface area contributed by atoms with Crippen LogP contribution in [0.1, 0.15) is 26.2 Å². The molecule has 2 unspecified atom stereocenters. The van der Waals surface area contributed by atoms with Crippen molar-refractivity contribution in [3.05, 3.63) is 12.7 Å². The van der Waals surface area contributed by atoms with Gasteiger partial charge in [-0.25, -0.2) is 0 Å². The highest BCUT2D eigenvalue weighted by atomic mass is 16.6. The van der Waals surface area contributed by atoms with Crippen LogP contribution < -0.4 is 0 Å². The maximum Gasteiger partial charge on any atom is 0.104 e. The molecule has 0 amide bonds. The molecule has 2 nitrogen and oxygen atoms in total. The molecule has 0 aromatic rings. The van der Waals surface area contributed by atoms with Gasteiger partial charge >= 0.3 is 0 Å². The van der Waals surface area contributed by atoms with Crippen LogP contribution in [0, 0.1) is 0 Å². The summed E-state index contributed by atoms with van der Waals surface area (Å²) in [5, 5.41) is 0. The van der Waals surface area contributed by atoms with Crippen molar-refractivity contribution in [1.82, 2.24) is 0 Å². The third-order valence-electron chi connectivity index (χ3n) is 2.07. The summed E-state index contributed by atoms with van der Waals surface area (Å²) in [6.45, 7) is 7.51. The predicted octanol–water partition coefficient (Wildman–Crippen LogP) is 2.15. The van der Waals surface area contributed by atoms with Crippen LogP contribution in [-0.4, -0.2) is 25.4 Å². The van der Waals surface area contributed by atoms with Gasteiger partial charge in [0.05, 0.1) is 19.3 Å². The largest absolute Gasteiger partial charge is 0.375 e. The van der Waals surface area contributed by atoms with Gasteiger partial charge in [-0.2, -0.15) is 0 Å². The van der Waals surface area contributed by atoms with Crippen molar-refractivity contribution < 1.29 is 9.47 Å². The van der Waals surface area contributed by atoms with Gasteiger partial charge in [-0.15, -0.1) is 6.58 Å². The average Bonchev–Trinajstić information content (AvgIpc) is 2.89. The minimum atomic E-state index is 0.391. The molecule has 0 spiro atoms. The summed E-state index contributed by atoms with van der Waals surface area (Å²) < 4.78 is 10.7. The molecule has 1 aliphatic heterocycles. The molecular weight excluding hydrogens is 152 g/mol. The molecule has 1 saturated heterocycles. The third kappa shape index (κ3) is 3.88. The molecular formula is C10H18O2. The maximum atomic E-state index is 5.64. The van der Waals surface area contributed by atoms with E-state index in [1.807, 2.05) is 6.08 Å². The minimum absolute atomic E-state index is 0.391. The first-order valence-electron chi connectivity index (χ1n) is 4.71. The lowest BCUT2D eigenvalue weighted by Crippen LogP contribution is -2.14. The molecule has 2 heteroatoms. The Balaban J connectivity index is 2.01. The van der Waals surface area contributed by atoms with Crippen molar-refractivity contribution in [2.24, 2.45) is 0 Å². The Labute approximate surface area is 74.6 Å². The molecule has 0 aromatic heterocycles. The predicted molar refractivity (Wildman–Crippen MR) is 49.2 cm³/mol. The van der Waals surface area contributed by atoms with E-state index < -0.39 is 0 Å². The maximum absolute atomic E-state index is 5.64. The van der Waals surface area contributed by atoms with E-state index in [1.165, 1.54) is 0 Å². The van der Waals surface area contributed by atoms with Gasteiger partial charge in [-0.1, -0.05) is 13.0 Å². The molecule has 2 atom stereocenters. The highest BCUT2D eigenvalue weighted by Gasteiger charge is 2.23. The van der Waals surface area contributed by atoms with Gasteiger partial charge in [-0.05, 0) is 19.3 Å². The second-order valence-corrected chi connectivity index (χ2v) is 3.18. The molecule has 0 bridgehead atoms. The Morgan fingerprint density at radius 2 is 2.50 bits per heavy atom. The number of allylic oxidation sites excluding steroid dienone is 1. The van der Waals surface area contributed by atoms with Crippen LogP contribution in [-0.2, 0) is 9.47 Å². The zero-order valence-corrected chi connectivity index (χ0v) is 7.79. The standard InChI is InChI=1S/C10H18O2/c1-3-5-6-9(4-2)11-7-10-8-12-10/h3,9-10H,1,4-8H2,2H3. The summed E-state index contributed by atoms with van der Waals surface area (Å²) in [6, 6.07) is 0. The van der Waals surface area contributed by atoms with Crippen molar-refractivity contribution >= 4 is 0 Å². The lowest BCUT2D eigenvalue weighted by molar-refractivity contribution is 0.0357. The van der Waals surface area contributed by atoms with E-state index in [-0.39, 0.29) is 0 Å². The van der Waals surface area contributed by atoms with Crippen LogP contribution >= 0.6 is 0 Å². The Bertz CT molecular complexity index is 130. The fourth-order valence-corrected chi connectivity index (χ4v) is 1.12. The molecule has 0 aliphatic carbocycles. The molecule has 0 radical (unpaired) electrons. The quantitative estimate of drug-likeness (QED) is 0.431. The van der Waals surface area contributed by atoms with E-state index in [0.29, 0.717) is 12.2 Å². The zero-order valence-electron chi connectivity index (χ0n) is 7.79. The fraction of sp³-hybridized carbons (Fsp3) is 0.800. The SMILES string of the molecule is C=CCCC(CC)OCC1CO1. The van der Waals surface area contributed by atoms with Crippen molar-refractivity contribution in [2.75, 3.05) is 13.2 Å². The molecule has 1 heterocycles. The van der Waals surface area contributed by atoms with E-state index in [2.05, 4.69) is 13.5 Å². The van der Waals surface area contributed by atoms with Crippen LogP contribution in [0.15, 0.2) is 12.7 Å². The van der Waals surface area contributed by atoms with E-state index in [9.17, 15) is 0 Å². The first kappa shape index (κ1) is 9.75. The van der Waals surface area contributed by atoms with Crippen LogP contribution in [0.3, 0.4) is 0 Å². The Morgan fingerprint density at radius 1 is 1.75 bits per heavy atom. The average molecular weight is 170 g/mol. The van der Waals surface area contributed by atoms with Gasteiger partial charge < -0.3 is 9.47 Å². The Hall–Kier alpha value is -0.340. The van der Waals surface area contributed by atoms with Crippen LogP contribution in [0.25, 0.3) is 0 Å². The molecule has 70 valence electrons. The topological polar surface area (TPSA) is 21.8 Å². The van der Waals surface area contributed by atoms with E-state index in [0.717, 1.165) is 32.5 Å².